The zero-order valence-corrected chi connectivity index (χ0v) is 16.5. The lowest BCUT2D eigenvalue weighted by molar-refractivity contribution is 0.102. The van der Waals surface area contributed by atoms with E-state index in [1.54, 1.807) is 54.6 Å². The molecule has 0 fully saturated rings. The van der Waals surface area contributed by atoms with Gasteiger partial charge in [-0.05, 0) is 60.5 Å². The summed E-state index contributed by atoms with van der Waals surface area (Å²) in [6.45, 7) is 4.60. The Balaban J connectivity index is 1.73. The summed E-state index contributed by atoms with van der Waals surface area (Å²) in [6.07, 6.45) is 0. The third-order valence-corrected chi connectivity index (χ3v) is 4.35. The molecule has 6 heteroatoms. The molecule has 3 aromatic rings. The van der Waals surface area contributed by atoms with E-state index in [0.29, 0.717) is 40.3 Å². The first kappa shape index (κ1) is 20.0. The van der Waals surface area contributed by atoms with Crippen LogP contribution in [0.1, 0.15) is 30.0 Å². The first-order chi connectivity index (χ1) is 13.5. The molecule has 0 aliphatic carbocycles. The summed E-state index contributed by atoms with van der Waals surface area (Å²) >= 11 is 6.24. The second kappa shape index (κ2) is 8.95. The number of rotatable bonds is 7. The minimum Gasteiger partial charge on any atom is -0.493 e. The molecule has 3 rings (SSSR count). The Labute approximate surface area is 168 Å². The number of hydrogen-bond acceptors (Lipinski definition) is 4. The molecule has 0 spiro atoms. The van der Waals surface area contributed by atoms with Gasteiger partial charge in [-0.3, -0.25) is 4.79 Å². The topological polar surface area (TPSA) is 71.7 Å². The predicted molar refractivity (Wildman–Crippen MR) is 110 cm³/mol. The molecule has 1 heterocycles. The van der Waals surface area contributed by atoms with E-state index in [9.17, 15) is 4.79 Å². The fraction of sp³-hybridized carbons (Fsp3) is 0.227. The lowest BCUT2D eigenvalue weighted by Gasteiger charge is -2.11. The standard InChI is InChI=1S/C22H22ClNO4/c1-14(2)13-27-17-6-3-15(4-7-17)22(26)24-20-11-16(5-9-19(20)23)21-10-8-18(12-25)28-21/h3-11,14,25H,12-13H2,1-2H3,(H,24,26). The van der Waals surface area contributed by atoms with Crippen LogP contribution in [-0.2, 0) is 6.61 Å². The molecular formula is C22H22ClNO4. The summed E-state index contributed by atoms with van der Waals surface area (Å²) in [5, 5.41) is 12.4. The number of ether oxygens (including phenoxy) is 1. The fourth-order valence-corrected chi connectivity index (χ4v) is 2.72. The number of furan rings is 1. The Bertz CT molecular complexity index is 947. The van der Waals surface area contributed by atoms with Crippen LogP contribution in [0.15, 0.2) is 59.0 Å². The summed E-state index contributed by atoms with van der Waals surface area (Å²) in [5.74, 6) is 1.94. The average molecular weight is 400 g/mol. The van der Waals surface area contributed by atoms with Gasteiger partial charge in [-0.2, -0.15) is 0 Å². The maximum Gasteiger partial charge on any atom is 0.255 e. The number of carbonyl (C=O) groups is 1. The van der Waals surface area contributed by atoms with Gasteiger partial charge >= 0.3 is 0 Å². The van der Waals surface area contributed by atoms with Crippen LogP contribution in [0.25, 0.3) is 11.3 Å². The van der Waals surface area contributed by atoms with Crippen molar-refractivity contribution < 1.29 is 19.1 Å². The summed E-state index contributed by atoms with van der Waals surface area (Å²) in [4.78, 5) is 12.6. The number of hydrogen-bond donors (Lipinski definition) is 2. The van der Waals surface area contributed by atoms with Gasteiger partial charge in [0.15, 0.2) is 0 Å². The van der Waals surface area contributed by atoms with Crippen LogP contribution in [0.2, 0.25) is 5.02 Å². The minimum absolute atomic E-state index is 0.173. The highest BCUT2D eigenvalue weighted by Gasteiger charge is 2.12. The molecule has 2 aromatic carbocycles. The third-order valence-electron chi connectivity index (χ3n) is 4.02. The molecule has 2 N–H and O–H groups in total. The predicted octanol–water partition coefficient (Wildman–Crippen LogP) is 5.38. The normalized spacial score (nSPS) is 10.9. The van der Waals surface area contributed by atoms with Gasteiger partial charge in [0.2, 0.25) is 0 Å². The van der Waals surface area contributed by atoms with Gasteiger partial charge in [-0.1, -0.05) is 25.4 Å². The second-order valence-corrected chi connectivity index (χ2v) is 7.21. The van der Waals surface area contributed by atoms with Gasteiger partial charge in [0, 0.05) is 11.1 Å². The van der Waals surface area contributed by atoms with Crippen molar-refractivity contribution in [2.75, 3.05) is 11.9 Å². The summed E-state index contributed by atoms with van der Waals surface area (Å²) in [5.41, 5.74) is 1.72. The number of anilines is 1. The van der Waals surface area contributed by atoms with Crippen LogP contribution in [0.4, 0.5) is 5.69 Å². The number of aliphatic hydroxyl groups is 1. The van der Waals surface area contributed by atoms with Crippen LogP contribution in [-0.4, -0.2) is 17.6 Å². The van der Waals surface area contributed by atoms with Gasteiger partial charge < -0.3 is 19.6 Å². The number of carbonyl (C=O) groups excluding carboxylic acids is 1. The summed E-state index contributed by atoms with van der Waals surface area (Å²) in [6, 6.07) is 15.6. The van der Waals surface area contributed by atoms with E-state index in [2.05, 4.69) is 19.2 Å². The second-order valence-electron chi connectivity index (χ2n) is 6.80. The van der Waals surface area contributed by atoms with Gasteiger partial charge in [-0.25, -0.2) is 0 Å². The monoisotopic (exact) mass is 399 g/mol. The largest absolute Gasteiger partial charge is 0.493 e. The number of halogens is 1. The van der Waals surface area contributed by atoms with E-state index in [4.69, 9.17) is 25.9 Å². The Morgan fingerprint density at radius 3 is 2.54 bits per heavy atom. The molecule has 5 nitrogen and oxygen atoms in total. The Hall–Kier alpha value is -2.76. The fourth-order valence-electron chi connectivity index (χ4n) is 2.55. The van der Waals surface area contributed by atoms with Gasteiger partial charge in [0.05, 0.1) is 17.3 Å². The molecule has 0 radical (unpaired) electrons. The van der Waals surface area contributed by atoms with E-state index < -0.39 is 0 Å². The van der Waals surface area contributed by atoms with Crippen molar-refractivity contribution in [1.29, 1.82) is 0 Å². The van der Waals surface area contributed by atoms with Crippen LogP contribution in [0.5, 0.6) is 5.75 Å². The van der Waals surface area contributed by atoms with Crippen molar-refractivity contribution in [1.82, 2.24) is 0 Å². The van der Waals surface area contributed by atoms with Gasteiger partial charge in [-0.15, -0.1) is 0 Å². The zero-order chi connectivity index (χ0) is 20.1. The van der Waals surface area contributed by atoms with Crippen molar-refractivity contribution in [3.8, 4) is 17.1 Å². The first-order valence-electron chi connectivity index (χ1n) is 9.00. The van der Waals surface area contributed by atoms with E-state index in [1.165, 1.54) is 0 Å². The molecule has 146 valence electrons. The van der Waals surface area contributed by atoms with E-state index in [0.717, 1.165) is 11.3 Å². The van der Waals surface area contributed by atoms with E-state index in [1.807, 2.05) is 0 Å². The first-order valence-corrected chi connectivity index (χ1v) is 9.37. The molecule has 1 amide bonds. The Morgan fingerprint density at radius 2 is 1.89 bits per heavy atom. The maximum absolute atomic E-state index is 12.6. The average Bonchev–Trinajstić information content (AvgIpc) is 3.17. The molecular weight excluding hydrogens is 378 g/mol. The van der Waals surface area contributed by atoms with Gasteiger partial charge in [0.25, 0.3) is 5.91 Å². The molecule has 0 aliphatic rings. The van der Waals surface area contributed by atoms with Crippen LogP contribution < -0.4 is 10.1 Å². The number of benzene rings is 2. The van der Waals surface area contributed by atoms with Crippen molar-refractivity contribution in [3.05, 3.63) is 70.9 Å². The molecule has 28 heavy (non-hydrogen) atoms. The smallest absolute Gasteiger partial charge is 0.255 e. The quantitative estimate of drug-likeness (QED) is 0.559. The van der Waals surface area contributed by atoms with Crippen molar-refractivity contribution >= 4 is 23.2 Å². The summed E-state index contributed by atoms with van der Waals surface area (Å²) in [7, 11) is 0. The van der Waals surface area contributed by atoms with E-state index >= 15 is 0 Å². The van der Waals surface area contributed by atoms with Gasteiger partial charge in [0.1, 0.15) is 23.9 Å². The highest BCUT2D eigenvalue weighted by atomic mass is 35.5. The molecule has 0 atom stereocenters. The molecule has 0 unspecified atom stereocenters. The lowest BCUT2D eigenvalue weighted by atomic mass is 10.1. The number of aliphatic hydroxyl groups excluding tert-OH is 1. The molecule has 0 aliphatic heterocycles. The third kappa shape index (κ3) is 4.94. The van der Waals surface area contributed by atoms with Crippen LogP contribution in [0, 0.1) is 5.92 Å². The zero-order valence-electron chi connectivity index (χ0n) is 15.7. The molecule has 0 saturated carbocycles. The highest BCUT2D eigenvalue weighted by Crippen LogP contribution is 2.30. The maximum atomic E-state index is 12.6. The number of nitrogens with one attached hydrogen (secondary N) is 1. The van der Waals surface area contributed by atoms with Crippen molar-refractivity contribution in [3.63, 3.8) is 0 Å². The highest BCUT2D eigenvalue weighted by molar-refractivity contribution is 6.34. The minimum atomic E-state index is -0.273. The SMILES string of the molecule is CC(C)COc1ccc(C(=O)Nc2cc(-c3ccc(CO)o3)ccc2Cl)cc1. The van der Waals surface area contributed by atoms with Crippen LogP contribution >= 0.6 is 11.6 Å². The van der Waals surface area contributed by atoms with Crippen molar-refractivity contribution in [2.24, 2.45) is 5.92 Å². The molecule has 0 bridgehead atoms. The van der Waals surface area contributed by atoms with Crippen molar-refractivity contribution in [2.45, 2.75) is 20.5 Å². The lowest BCUT2D eigenvalue weighted by Crippen LogP contribution is -2.12. The molecule has 1 aromatic heterocycles. The Morgan fingerprint density at radius 1 is 1.14 bits per heavy atom. The van der Waals surface area contributed by atoms with E-state index in [-0.39, 0.29) is 12.5 Å². The van der Waals surface area contributed by atoms with Crippen LogP contribution in [0.3, 0.4) is 0 Å². The summed E-state index contributed by atoms with van der Waals surface area (Å²) < 4.78 is 11.2. The number of amides is 1. The molecule has 0 saturated heterocycles. The Kier molecular flexibility index (Phi) is 6.39.